The molecule has 2 aromatic rings. The number of hydrogen-bond donors (Lipinski definition) is 0. The maximum atomic E-state index is 14.2. The number of aldehydes is 1. The van der Waals surface area contributed by atoms with Gasteiger partial charge in [0.25, 0.3) is 0 Å². The quantitative estimate of drug-likeness (QED) is 0.760. The second-order valence-electron chi connectivity index (χ2n) is 5.25. The topological polar surface area (TPSA) is 34.1 Å². The molecule has 2 rings (SSSR count). The number of hydrogen-bond acceptors (Lipinski definition) is 2. The summed E-state index contributed by atoms with van der Waals surface area (Å²) in [6, 6.07) is 11.5. The summed E-state index contributed by atoms with van der Waals surface area (Å²) in [6.45, 7) is 1.39. The lowest BCUT2D eigenvalue weighted by Gasteiger charge is -2.29. The van der Waals surface area contributed by atoms with E-state index in [1.165, 1.54) is 43.3 Å². The monoisotopic (exact) mass is 302 g/mol. The molecular formula is C18H16F2O2. The summed E-state index contributed by atoms with van der Waals surface area (Å²) in [6.07, 6.45) is 0.613. The van der Waals surface area contributed by atoms with Crippen LogP contribution in [0.15, 0.2) is 48.5 Å². The summed E-state index contributed by atoms with van der Waals surface area (Å²) in [4.78, 5) is 23.2. The fraction of sp³-hybridized carbons (Fsp3) is 0.222. The Labute approximate surface area is 127 Å². The van der Waals surface area contributed by atoms with Crippen LogP contribution in [0.25, 0.3) is 0 Å². The highest BCUT2D eigenvalue weighted by Gasteiger charge is 2.38. The van der Waals surface area contributed by atoms with E-state index in [0.717, 1.165) is 0 Å². The fourth-order valence-corrected chi connectivity index (χ4v) is 2.62. The molecule has 2 aromatic carbocycles. The number of carbonyl (C=O) groups is 2. The predicted octanol–water partition coefficient (Wildman–Crippen LogP) is 3.82. The second-order valence-corrected chi connectivity index (χ2v) is 5.25. The molecule has 0 saturated heterocycles. The van der Waals surface area contributed by atoms with Gasteiger partial charge in [-0.25, -0.2) is 8.78 Å². The third-order valence-corrected chi connectivity index (χ3v) is 3.78. The van der Waals surface area contributed by atoms with E-state index in [2.05, 4.69) is 0 Å². The van der Waals surface area contributed by atoms with Crippen LogP contribution in [0.5, 0.6) is 0 Å². The summed E-state index contributed by atoms with van der Waals surface area (Å²) in [5, 5.41) is 0. The normalized spacial score (nSPS) is 11.2. The van der Waals surface area contributed by atoms with E-state index in [1.54, 1.807) is 12.1 Å². The number of halogens is 2. The van der Waals surface area contributed by atoms with Crippen molar-refractivity contribution >= 4 is 12.1 Å². The van der Waals surface area contributed by atoms with Gasteiger partial charge in [0.15, 0.2) is 0 Å². The first-order chi connectivity index (χ1) is 10.5. The average molecular weight is 302 g/mol. The van der Waals surface area contributed by atoms with Gasteiger partial charge in [-0.3, -0.25) is 0 Å². The smallest absolute Gasteiger partial charge is 0.135 e. The first kappa shape index (κ1) is 16.0. The fourth-order valence-electron chi connectivity index (χ4n) is 2.62. The van der Waals surface area contributed by atoms with Crippen LogP contribution in [0.3, 0.4) is 0 Å². The maximum Gasteiger partial charge on any atom is 0.135 e. The van der Waals surface area contributed by atoms with Gasteiger partial charge in [-0.05, 0) is 25.5 Å². The lowest BCUT2D eigenvalue weighted by Crippen LogP contribution is -2.32. The van der Waals surface area contributed by atoms with Gasteiger partial charge >= 0.3 is 0 Å². The number of Topliss-reactive ketones (excluding diaryl/α,β-unsaturated/α-hetero) is 1. The number of carbonyl (C=O) groups excluding carboxylic acids is 2. The van der Waals surface area contributed by atoms with Crippen molar-refractivity contribution in [3.05, 3.63) is 71.3 Å². The molecule has 0 radical (unpaired) electrons. The lowest BCUT2D eigenvalue weighted by molar-refractivity contribution is -0.117. The van der Waals surface area contributed by atoms with Crippen molar-refractivity contribution in [3.63, 3.8) is 0 Å². The van der Waals surface area contributed by atoms with E-state index >= 15 is 0 Å². The molecule has 0 saturated carbocycles. The molecule has 0 bridgehead atoms. The highest BCUT2D eigenvalue weighted by molar-refractivity contribution is 5.79. The van der Waals surface area contributed by atoms with E-state index in [9.17, 15) is 18.4 Å². The summed E-state index contributed by atoms with van der Waals surface area (Å²) < 4.78 is 28.5. The summed E-state index contributed by atoms with van der Waals surface area (Å²) in [5.41, 5.74) is -1.35. The van der Waals surface area contributed by atoms with Crippen molar-refractivity contribution in [1.29, 1.82) is 0 Å². The van der Waals surface area contributed by atoms with Gasteiger partial charge in [0.05, 0.1) is 5.41 Å². The van der Waals surface area contributed by atoms with Crippen LogP contribution in [-0.4, -0.2) is 12.1 Å². The minimum Gasteiger partial charge on any atom is -0.302 e. The molecule has 0 aromatic heterocycles. The number of rotatable bonds is 6. The van der Waals surface area contributed by atoms with Gasteiger partial charge < -0.3 is 9.59 Å². The zero-order valence-corrected chi connectivity index (χ0v) is 12.2. The summed E-state index contributed by atoms with van der Waals surface area (Å²) in [5.74, 6) is -1.33. The zero-order valence-electron chi connectivity index (χ0n) is 12.2. The Morgan fingerprint density at radius 1 is 1.00 bits per heavy atom. The Morgan fingerprint density at radius 2 is 1.45 bits per heavy atom. The first-order valence-electron chi connectivity index (χ1n) is 6.97. The van der Waals surface area contributed by atoms with Crippen LogP contribution < -0.4 is 0 Å². The predicted molar refractivity (Wildman–Crippen MR) is 79.6 cm³/mol. The zero-order chi connectivity index (χ0) is 16.2. The largest absolute Gasteiger partial charge is 0.302 e. The van der Waals surface area contributed by atoms with Crippen LogP contribution in [0.4, 0.5) is 8.78 Å². The molecule has 2 nitrogen and oxygen atoms in total. The highest BCUT2D eigenvalue weighted by Crippen LogP contribution is 2.37. The molecule has 0 aliphatic rings. The minimum absolute atomic E-state index is 0.0215. The van der Waals surface area contributed by atoms with Crippen LogP contribution in [-0.2, 0) is 15.0 Å². The number of ketones is 1. The standard InChI is InChI=1S/C18H16F2O2/c1-13(22)10-11-18(12-21,14-6-2-4-8-16(14)19)15-7-3-5-9-17(15)20/h2-9,12H,10-11H2,1H3. The minimum atomic E-state index is -1.51. The van der Waals surface area contributed by atoms with Gasteiger partial charge in [-0.15, -0.1) is 0 Å². The molecule has 0 aliphatic carbocycles. The van der Waals surface area contributed by atoms with Crippen molar-refractivity contribution in [2.45, 2.75) is 25.2 Å². The Kier molecular flexibility index (Phi) is 4.81. The van der Waals surface area contributed by atoms with Gasteiger partial charge in [0, 0.05) is 17.5 Å². The maximum absolute atomic E-state index is 14.2. The van der Waals surface area contributed by atoms with Crippen LogP contribution in [0, 0.1) is 11.6 Å². The molecule has 0 N–H and O–H groups in total. The molecule has 0 unspecified atom stereocenters. The van der Waals surface area contributed by atoms with Gasteiger partial charge in [0.2, 0.25) is 0 Å². The molecule has 22 heavy (non-hydrogen) atoms. The molecule has 0 fully saturated rings. The van der Waals surface area contributed by atoms with Crippen LogP contribution in [0.1, 0.15) is 30.9 Å². The van der Waals surface area contributed by atoms with E-state index in [1.807, 2.05) is 0 Å². The number of benzene rings is 2. The first-order valence-corrected chi connectivity index (χ1v) is 6.97. The van der Waals surface area contributed by atoms with Gasteiger partial charge in [0.1, 0.15) is 23.7 Å². The van der Waals surface area contributed by atoms with Crippen molar-refractivity contribution in [2.24, 2.45) is 0 Å². The van der Waals surface area contributed by atoms with Crippen molar-refractivity contribution in [2.75, 3.05) is 0 Å². The third kappa shape index (κ3) is 2.96. The third-order valence-electron chi connectivity index (χ3n) is 3.78. The van der Waals surface area contributed by atoms with Crippen molar-refractivity contribution < 1.29 is 18.4 Å². The van der Waals surface area contributed by atoms with Gasteiger partial charge in [-0.1, -0.05) is 36.4 Å². The molecule has 0 amide bonds. The molecule has 4 heteroatoms. The second kappa shape index (κ2) is 6.60. The van der Waals surface area contributed by atoms with Crippen molar-refractivity contribution in [3.8, 4) is 0 Å². The van der Waals surface area contributed by atoms with Gasteiger partial charge in [-0.2, -0.15) is 0 Å². The Bertz CT molecular complexity index is 649. The molecule has 0 heterocycles. The lowest BCUT2D eigenvalue weighted by atomic mass is 9.71. The molecule has 0 spiro atoms. The molecule has 0 aliphatic heterocycles. The Morgan fingerprint density at radius 3 is 1.82 bits per heavy atom. The SMILES string of the molecule is CC(=O)CCC(C=O)(c1ccccc1F)c1ccccc1F. The van der Waals surface area contributed by atoms with Crippen LogP contribution >= 0.6 is 0 Å². The average Bonchev–Trinajstić information content (AvgIpc) is 2.51. The van der Waals surface area contributed by atoms with Crippen LogP contribution in [0.2, 0.25) is 0 Å². The molecular weight excluding hydrogens is 286 g/mol. The molecule has 114 valence electrons. The molecule has 0 atom stereocenters. The highest BCUT2D eigenvalue weighted by atomic mass is 19.1. The summed E-state index contributed by atoms with van der Waals surface area (Å²) in [7, 11) is 0. The van der Waals surface area contributed by atoms with E-state index in [4.69, 9.17) is 0 Å². The summed E-state index contributed by atoms with van der Waals surface area (Å²) >= 11 is 0. The van der Waals surface area contributed by atoms with E-state index < -0.39 is 17.0 Å². The Hall–Kier alpha value is -2.36. The Balaban J connectivity index is 2.67. The van der Waals surface area contributed by atoms with E-state index in [0.29, 0.717) is 6.29 Å². The van der Waals surface area contributed by atoms with E-state index in [-0.39, 0.29) is 29.8 Å². The van der Waals surface area contributed by atoms with Crippen molar-refractivity contribution in [1.82, 2.24) is 0 Å².